The van der Waals surface area contributed by atoms with Crippen molar-refractivity contribution in [3.63, 3.8) is 0 Å². The maximum atomic E-state index is 12.5. The van der Waals surface area contributed by atoms with Gasteiger partial charge in [0, 0.05) is 11.6 Å². The van der Waals surface area contributed by atoms with E-state index in [1.165, 1.54) is 38.5 Å². The SMILES string of the molecule is C[C@H](NC(=O)c1ccc(OC2CCCC2)cc1)[C@H]1C[C@H]2CC[C@H]1C2. The van der Waals surface area contributed by atoms with E-state index in [0.29, 0.717) is 12.0 Å². The zero-order valence-corrected chi connectivity index (χ0v) is 14.7. The number of fused-ring (bicyclic) bond motifs is 2. The molecule has 3 fully saturated rings. The molecule has 4 rings (SSSR count). The van der Waals surface area contributed by atoms with Gasteiger partial charge in [-0.05, 0) is 93.9 Å². The van der Waals surface area contributed by atoms with Crippen LogP contribution < -0.4 is 10.1 Å². The molecule has 0 heterocycles. The van der Waals surface area contributed by atoms with Gasteiger partial charge >= 0.3 is 0 Å². The van der Waals surface area contributed by atoms with Crippen LogP contribution in [-0.4, -0.2) is 18.1 Å². The quantitative estimate of drug-likeness (QED) is 0.861. The highest BCUT2D eigenvalue weighted by Crippen LogP contribution is 2.49. The average molecular weight is 327 g/mol. The minimum atomic E-state index is 0.0534. The van der Waals surface area contributed by atoms with Crippen LogP contribution >= 0.6 is 0 Å². The lowest BCUT2D eigenvalue weighted by molar-refractivity contribution is 0.0915. The van der Waals surface area contributed by atoms with E-state index in [-0.39, 0.29) is 11.9 Å². The molecule has 4 atom stereocenters. The third-order valence-corrected chi connectivity index (χ3v) is 6.52. The van der Waals surface area contributed by atoms with E-state index < -0.39 is 0 Å². The van der Waals surface area contributed by atoms with Gasteiger partial charge in [0.2, 0.25) is 0 Å². The Morgan fingerprint density at radius 2 is 1.83 bits per heavy atom. The van der Waals surface area contributed by atoms with Gasteiger partial charge in [-0.2, -0.15) is 0 Å². The van der Waals surface area contributed by atoms with Gasteiger partial charge < -0.3 is 10.1 Å². The molecule has 0 unspecified atom stereocenters. The van der Waals surface area contributed by atoms with E-state index in [4.69, 9.17) is 4.74 Å². The number of amides is 1. The fraction of sp³-hybridized carbons (Fsp3) is 0.667. The molecule has 1 amide bonds. The summed E-state index contributed by atoms with van der Waals surface area (Å²) in [5, 5.41) is 3.24. The highest BCUT2D eigenvalue weighted by molar-refractivity contribution is 5.94. The van der Waals surface area contributed by atoms with Crippen molar-refractivity contribution >= 4 is 5.91 Å². The standard InChI is InChI=1S/C21H29NO2/c1-14(20-13-15-6-7-17(20)12-15)22-21(23)16-8-10-19(11-9-16)24-18-4-2-3-5-18/h8-11,14-15,17-18,20H,2-7,12-13H2,1H3,(H,22,23)/t14-,15-,17-,20+/m0/s1. The fourth-order valence-corrected chi connectivity index (χ4v) is 5.19. The Hall–Kier alpha value is -1.51. The largest absolute Gasteiger partial charge is 0.490 e. The molecule has 0 aliphatic heterocycles. The van der Waals surface area contributed by atoms with Crippen molar-refractivity contribution < 1.29 is 9.53 Å². The van der Waals surface area contributed by atoms with Crippen LogP contribution in [-0.2, 0) is 0 Å². The predicted octanol–water partition coefficient (Wildman–Crippen LogP) is 4.56. The van der Waals surface area contributed by atoms with Crippen molar-refractivity contribution in [3.05, 3.63) is 29.8 Å². The summed E-state index contributed by atoms with van der Waals surface area (Å²) in [6.45, 7) is 2.18. The Kier molecular flexibility index (Phi) is 4.51. The van der Waals surface area contributed by atoms with Crippen LogP contribution in [0.1, 0.15) is 68.6 Å². The number of hydrogen-bond donors (Lipinski definition) is 1. The number of carbonyl (C=O) groups excluding carboxylic acids is 1. The van der Waals surface area contributed by atoms with Crippen LogP contribution in [0.4, 0.5) is 0 Å². The van der Waals surface area contributed by atoms with Gasteiger partial charge in [-0.25, -0.2) is 0 Å². The molecule has 130 valence electrons. The molecule has 0 aromatic heterocycles. The molecular weight excluding hydrogens is 298 g/mol. The zero-order chi connectivity index (χ0) is 16.5. The summed E-state index contributed by atoms with van der Waals surface area (Å²) in [7, 11) is 0. The molecule has 0 spiro atoms. The van der Waals surface area contributed by atoms with Crippen molar-refractivity contribution in [1.82, 2.24) is 5.32 Å². The van der Waals surface area contributed by atoms with Gasteiger partial charge in [-0.1, -0.05) is 6.42 Å². The van der Waals surface area contributed by atoms with E-state index in [2.05, 4.69) is 12.2 Å². The molecular formula is C21H29NO2. The molecule has 3 saturated carbocycles. The summed E-state index contributed by atoms with van der Waals surface area (Å²) in [5.41, 5.74) is 0.740. The molecule has 3 nitrogen and oxygen atoms in total. The maximum Gasteiger partial charge on any atom is 0.251 e. The molecule has 3 heteroatoms. The van der Waals surface area contributed by atoms with Crippen LogP contribution in [0, 0.1) is 17.8 Å². The normalized spacial score (nSPS) is 30.5. The molecule has 0 radical (unpaired) electrons. The molecule has 2 bridgehead atoms. The Labute approximate surface area is 145 Å². The Balaban J connectivity index is 1.32. The smallest absolute Gasteiger partial charge is 0.251 e. The molecule has 1 aromatic carbocycles. The van der Waals surface area contributed by atoms with Crippen LogP contribution in [0.2, 0.25) is 0 Å². The summed E-state index contributed by atoms with van der Waals surface area (Å²) in [4.78, 5) is 12.5. The lowest BCUT2D eigenvalue weighted by Gasteiger charge is -2.28. The highest BCUT2D eigenvalue weighted by atomic mass is 16.5. The lowest BCUT2D eigenvalue weighted by atomic mass is 9.84. The molecule has 1 aromatic rings. The lowest BCUT2D eigenvalue weighted by Crippen LogP contribution is -2.40. The topological polar surface area (TPSA) is 38.3 Å². The Bertz CT molecular complexity index is 576. The van der Waals surface area contributed by atoms with Crippen LogP contribution in [0.15, 0.2) is 24.3 Å². The molecule has 0 saturated heterocycles. The number of nitrogens with one attached hydrogen (secondary N) is 1. The number of ether oxygens (including phenoxy) is 1. The Morgan fingerprint density at radius 3 is 2.46 bits per heavy atom. The Morgan fingerprint density at radius 1 is 1.08 bits per heavy atom. The van der Waals surface area contributed by atoms with Gasteiger partial charge in [0.15, 0.2) is 0 Å². The van der Waals surface area contributed by atoms with Gasteiger partial charge in [-0.15, -0.1) is 0 Å². The van der Waals surface area contributed by atoms with E-state index >= 15 is 0 Å². The van der Waals surface area contributed by atoms with E-state index in [9.17, 15) is 4.79 Å². The number of carbonyl (C=O) groups is 1. The van der Waals surface area contributed by atoms with Gasteiger partial charge in [-0.3, -0.25) is 4.79 Å². The first kappa shape index (κ1) is 16.0. The van der Waals surface area contributed by atoms with Gasteiger partial charge in [0.1, 0.15) is 5.75 Å². The third-order valence-electron chi connectivity index (χ3n) is 6.52. The summed E-state index contributed by atoms with van der Waals surface area (Å²) in [6.07, 6.45) is 10.7. The second-order valence-electron chi connectivity index (χ2n) is 8.15. The number of benzene rings is 1. The van der Waals surface area contributed by atoms with E-state index in [1.807, 2.05) is 24.3 Å². The van der Waals surface area contributed by atoms with Crippen molar-refractivity contribution in [1.29, 1.82) is 0 Å². The number of hydrogen-bond acceptors (Lipinski definition) is 2. The van der Waals surface area contributed by atoms with Gasteiger partial charge in [0.05, 0.1) is 6.10 Å². The monoisotopic (exact) mass is 327 g/mol. The minimum absolute atomic E-state index is 0.0534. The van der Waals surface area contributed by atoms with Crippen LogP contribution in [0.5, 0.6) is 5.75 Å². The van der Waals surface area contributed by atoms with Crippen molar-refractivity contribution in [2.75, 3.05) is 0 Å². The minimum Gasteiger partial charge on any atom is -0.490 e. The van der Waals surface area contributed by atoms with Crippen molar-refractivity contribution in [2.45, 2.75) is 70.4 Å². The first-order chi connectivity index (χ1) is 11.7. The first-order valence-corrected chi connectivity index (χ1v) is 9.76. The second kappa shape index (κ2) is 6.78. The molecule has 24 heavy (non-hydrogen) atoms. The average Bonchev–Trinajstić information content (AvgIpc) is 3.33. The number of rotatable bonds is 5. The third kappa shape index (κ3) is 3.31. The second-order valence-corrected chi connectivity index (χ2v) is 8.15. The molecule has 1 N–H and O–H groups in total. The first-order valence-electron chi connectivity index (χ1n) is 9.76. The molecule has 3 aliphatic rings. The summed E-state index contributed by atoms with van der Waals surface area (Å²) in [5.74, 6) is 3.38. The van der Waals surface area contributed by atoms with Crippen molar-refractivity contribution in [3.8, 4) is 5.75 Å². The maximum absolute atomic E-state index is 12.5. The fourth-order valence-electron chi connectivity index (χ4n) is 5.19. The van der Waals surface area contributed by atoms with Crippen LogP contribution in [0.3, 0.4) is 0 Å². The summed E-state index contributed by atoms with van der Waals surface area (Å²) >= 11 is 0. The summed E-state index contributed by atoms with van der Waals surface area (Å²) < 4.78 is 5.97. The van der Waals surface area contributed by atoms with Crippen molar-refractivity contribution in [2.24, 2.45) is 17.8 Å². The van der Waals surface area contributed by atoms with Crippen LogP contribution in [0.25, 0.3) is 0 Å². The summed E-state index contributed by atoms with van der Waals surface area (Å²) in [6, 6.07) is 7.95. The highest BCUT2D eigenvalue weighted by Gasteiger charge is 2.42. The zero-order valence-electron chi connectivity index (χ0n) is 14.7. The van der Waals surface area contributed by atoms with E-state index in [1.54, 1.807) is 0 Å². The molecule has 3 aliphatic carbocycles. The predicted molar refractivity (Wildman–Crippen MR) is 95.2 cm³/mol. The van der Waals surface area contributed by atoms with Gasteiger partial charge in [0.25, 0.3) is 5.91 Å². The van der Waals surface area contributed by atoms with E-state index in [0.717, 1.165) is 36.0 Å².